The molecule has 0 unspecified atom stereocenters. The van der Waals surface area contributed by atoms with Crippen LogP contribution in [0.5, 0.6) is 5.75 Å². The fraction of sp³-hybridized carbons (Fsp3) is 0.500. The van der Waals surface area contributed by atoms with E-state index in [1.165, 1.54) is 6.07 Å². The van der Waals surface area contributed by atoms with Crippen LogP contribution in [0.1, 0.15) is 19.4 Å². The van der Waals surface area contributed by atoms with Crippen LogP contribution in [0.2, 0.25) is 0 Å². The van der Waals surface area contributed by atoms with E-state index in [0.717, 1.165) is 5.56 Å². The van der Waals surface area contributed by atoms with Gasteiger partial charge in [-0.3, -0.25) is 10.1 Å². The summed E-state index contributed by atoms with van der Waals surface area (Å²) < 4.78 is 5.21. The third kappa shape index (κ3) is 3.42. The minimum absolute atomic E-state index is 0.0774. The molecule has 1 aromatic carbocycles. The average Bonchev–Trinajstić information content (AvgIpc) is 2.28. The highest BCUT2D eigenvalue weighted by Crippen LogP contribution is 2.30. The molecule has 0 spiro atoms. The topological polar surface area (TPSA) is 78.4 Å². The summed E-state index contributed by atoms with van der Waals surface area (Å²) in [5.41, 5.74) is 6.45. The van der Waals surface area contributed by atoms with Gasteiger partial charge in [0.1, 0.15) is 5.75 Å². The van der Waals surface area contributed by atoms with Crippen molar-refractivity contribution < 1.29 is 9.66 Å². The van der Waals surface area contributed by atoms with Gasteiger partial charge in [0.05, 0.1) is 12.0 Å². The van der Waals surface area contributed by atoms with Gasteiger partial charge in [0.2, 0.25) is 0 Å². The first kappa shape index (κ1) is 13.4. The fourth-order valence-electron chi connectivity index (χ4n) is 1.60. The lowest BCUT2D eigenvalue weighted by Crippen LogP contribution is -2.26. The van der Waals surface area contributed by atoms with Crippen molar-refractivity contribution in [1.29, 1.82) is 0 Å². The van der Waals surface area contributed by atoms with E-state index < -0.39 is 4.92 Å². The highest BCUT2D eigenvalue weighted by molar-refractivity contribution is 5.44. The maximum absolute atomic E-state index is 10.7. The van der Waals surface area contributed by atoms with Crippen molar-refractivity contribution >= 4 is 5.69 Å². The number of ether oxygens (including phenoxy) is 1. The second-order valence-corrected chi connectivity index (χ2v) is 4.80. The largest absolute Gasteiger partial charge is 0.496 e. The predicted octanol–water partition coefficient (Wildman–Crippen LogP) is 2.13. The Morgan fingerprint density at radius 1 is 1.47 bits per heavy atom. The van der Waals surface area contributed by atoms with Crippen LogP contribution in [0.4, 0.5) is 5.69 Å². The lowest BCUT2D eigenvalue weighted by atomic mass is 9.85. The van der Waals surface area contributed by atoms with Gasteiger partial charge in [0.15, 0.2) is 0 Å². The lowest BCUT2D eigenvalue weighted by Gasteiger charge is -2.23. The van der Waals surface area contributed by atoms with E-state index in [1.54, 1.807) is 19.2 Å². The Labute approximate surface area is 101 Å². The van der Waals surface area contributed by atoms with Crippen molar-refractivity contribution in [2.45, 2.75) is 20.3 Å². The molecule has 5 heteroatoms. The van der Waals surface area contributed by atoms with Crippen molar-refractivity contribution in [3.8, 4) is 5.75 Å². The van der Waals surface area contributed by atoms with Gasteiger partial charge in [0, 0.05) is 17.7 Å². The van der Waals surface area contributed by atoms with Crippen LogP contribution >= 0.6 is 0 Å². The molecule has 0 aliphatic rings. The second-order valence-electron chi connectivity index (χ2n) is 4.80. The smallest absolute Gasteiger partial charge is 0.269 e. The Hall–Kier alpha value is -1.62. The van der Waals surface area contributed by atoms with Crippen LogP contribution in [0.3, 0.4) is 0 Å². The molecule has 0 aliphatic heterocycles. The number of benzene rings is 1. The summed E-state index contributed by atoms with van der Waals surface area (Å²) in [7, 11) is 1.56. The van der Waals surface area contributed by atoms with Crippen molar-refractivity contribution in [1.82, 2.24) is 0 Å². The van der Waals surface area contributed by atoms with Crippen molar-refractivity contribution in [3.05, 3.63) is 33.9 Å². The molecule has 0 heterocycles. The molecule has 0 amide bonds. The monoisotopic (exact) mass is 238 g/mol. The fourth-order valence-corrected chi connectivity index (χ4v) is 1.60. The number of nitro groups is 1. The molecule has 94 valence electrons. The molecule has 0 saturated carbocycles. The van der Waals surface area contributed by atoms with Gasteiger partial charge in [-0.1, -0.05) is 13.8 Å². The summed E-state index contributed by atoms with van der Waals surface area (Å²) in [6, 6.07) is 4.62. The van der Waals surface area contributed by atoms with Gasteiger partial charge in [-0.15, -0.1) is 0 Å². The quantitative estimate of drug-likeness (QED) is 0.629. The van der Waals surface area contributed by atoms with E-state index in [-0.39, 0.29) is 11.1 Å². The van der Waals surface area contributed by atoms with Crippen LogP contribution in [-0.2, 0) is 6.42 Å². The summed E-state index contributed by atoms with van der Waals surface area (Å²) in [4.78, 5) is 10.3. The average molecular weight is 238 g/mol. The number of rotatable bonds is 5. The molecular formula is C12H18N2O3. The second kappa shape index (κ2) is 5.14. The maximum Gasteiger partial charge on any atom is 0.269 e. The first-order chi connectivity index (χ1) is 7.89. The van der Waals surface area contributed by atoms with Crippen molar-refractivity contribution in [2.24, 2.45) is 11.1 Å². The van der Waals surface area contributed by atoms with Crippen LogP contribution in [0.25, 0.3) is 0 Å². The van der Waals surface area contributed by atoms with E-state index >= 15 is 0 Å². The number of hydrogen-bond donors (Lipinski definition) is 1. The molecule has 5 nitrogen and oxygen atoms in total. The van der Waals surface area contributed by atoms with E-state index in [1.807, 2.05) is 13.8 Å². The minimum atomic E-state index is -0.404. The van der Waals surface area contributed by atoms with Gasteiger partial charge >= 0.3 is 0 Å². The van der Waals surface area contributed by atoms with Crippen LogP contribution in [-0.4, -0.2) is 18.6 Å². The van der Waals surface area contributed by atoms with E-state index in [9.17, 15) is 10.1 Å². The Morgan fingerprint density at radius 2 is 2.12 bits per heavy atom. The number of non-ortho nitro benzene ring substituents is 1. The van der Waals surface area contributed by atoms with Gasteiger partial charge in [-0.2, -0.15) is 0 Å². The van der Waals surface area contributed by atoms with E-state index in [4.69, 9.17) is 10.5 Å². The highest BCUT2D eigenvalue weighted by atomic mass is 16.6. The number of nitrogens with two attached hydrogens (primary N) is 1. The van der Waals surface area contributed by atoms with Crippen LogP contribution in [0.15, 0.2) is 18.2 Å². The summed E-state index contributed by atoms with van der Waals surface area (Å²) >= 11 is 0. The Kier molecular flexibility index (Phi) is 4.07. The molecular weight excluding hydrogens is 220 g/mol. The number of hydrogen-bond acceptors (Lipinski definition) is 4. The molecule has 0 atom stereocenters. The molecule has 1 aromatic rings. The molecule has 2 N–H and O–H groups in total. The summed E-state index contributed by atoms with van der Waals surface area (Å²) in [5, 5.41) is 10.7. The summed E-state index contributed by atoms with van der Waals surface area (Å²) in [6.07, 6.45) is 0.647. The normalized spacial score (nSPS) is 11.3. The molecule has 1 rings (SSSR count). The molecule has 17 heavy (non-hydrogen) atoms. The zero-order valence-corrected chi connectivity index (χ0v) is 10.4. The predicted molar refractivity (Wildman–Crippen MR) is 66.2 cm³/mol. The van der Waals surface area contributed by atoms with E-state index in [2.05, 4.69) is 0 Å². The SMILES string of the molecule is COc1ccc([N+](=O)[O-])cc1CC(C)(C)CN. The van der Waals surface area contributed by atoms with E-state index in [0.29, 0.717) is 18.7 Å². The Balaban J connectivity index is 3.10. The molecule has 0 saturated heterocycles. The maximum atomic E-state index is 10.7. The number of nitro benzene ring substituents is 1. The Morgan fingerprint density at radius 3 is 2.59 bits per heavy atom. The van der Waals surface area contributed by atoms with Crippen LogP contribution < -0.4 is 10.5 Å². The van der Waals surface area contributed by atoms with Gasteiger partial charge in [0.25, 0.3) is 5.69 Å². The first-order valence-corrected chi connectivity index (χ1v) is 5.41. The molecule has 0 bridgehead atoms. The van der Waals surface area contributed by atoms with Crippen molar-refractivity contribution in [2.75, 3.05) is 13.7 Å². The number of nitrogens with zero attached hydrogens (tertiary/aromatic N) is 1. The molecule has 0 fully saturated rings. The number of methoxy groups -OCH3 is 1. The first-order valence-electron chi connectivity index (χ1n) is 5.41. The van der Waals surface area contributed by atoms with Gasteiger partial charge in [-0.05, 0) is 24.4 Å². The van der Waals surface area contributed by atoms with Crippen LogP contribution in [0, 0.1) is 15.5 Å². The standard InChI is InChI=1S/C12H18N2O3/c1-12(2,8-13)7-9-6-10(14(15)16)4-5-11(9)17-3/h4-6H,7-8,13H2,1-3H3. The molecule has 0 aromatic heterocycles. The van der Waals surface area contributed by atoms with Gasteiger partial charge < -0.3 is 10.5 Å². The zero-order valence-electron chi connectivity index (χ0n) is 10.4. The highest BCUT2D eigenvalue weighted by Gasteiger charge is 2.20. The third-order valence-corrected chi connectivity index (χ3v) is 2.70. The summed E-state index contributed by atoms with van der Waals surface area (Å²) in [6.45, 7) is 4.55. The van der Waals surface area contributed by atoms with Crippen molar-refractivity contribution in [3.63, 3.8) is 0 Å². The third-order valence-electron chi connectivity index (χ3n) is 2.70. The summed E-state index contributed by atoms with van der Waals surface area (Å²) in [5.74, 6) is 0.664. The molecule has 0 aliphatic carbocycles. The zero-order chi connectivity index (χ0) is 13.1. The Bertz CT molecular complexity index is 416. The minimum Gasteiger partial charge on any atom is -0.496 e. The lowest BCUT2D eigenvalue weighted by molar-refractivity contribution is -0.384. The molecule has 0 radical (unpaired) electrons. The van der Waals surface area contributed by atoms with Gasteiger partial charge in [-0.25, -0.2) is 0 Å².